The van der Waals surface area contributed by atoms with Gasteiger partial charge in [-0.25, -0.2) is 17.8 Å². The summed E-state index contributed by atoms with van der Waals surface area (Å²) >= 11 is 0. The van der Waals surface area contributed by atoms with Crippen molar-refractivity contribution < 1.29 is 8.42 Å². The maximum absolute atomic E-state index is 12.6. The molecule has 0 bridgehead atoms. The second-order valence-corrected chi connectivity index (χ2v) is 7.35. The van der Waals surface area contributed by atoms with Gasteiger partial charge in [0.2, 0.25) is 10.0 Å². The Balaban J connectivity index is 1.73. The van der Waals surface area contributed by atoms with Crippen molar-refractivity contribution >= 4 is 20.9 Å². The Morgan fingerprint density at radius 3 is 2.76 bits per heavy atom. The van der Waals surface area contributed by atoms with E-state index in [4.69, 9.17) is 0 Å². The number of para-hydroxylation sites is 1. The highest BCUT2D eigenvalue weighted by Gasteiger charge is 2.17. The number of aryl methyl sites for hydroxylation is 2. The molecule has 130 valence electrons. The van der Waals surface area contributed by atoms with Crippen LogP contribution in [0.15, 0.2) is 58.4 Å². The van der Waals surface area contributed by atoms with Crippen LogP contribution in [-0.4, -0.2) is 29.7 Å². The highest BCUT2D eigenvalue weighted by Crippen LogP contribution is 2.21. The van der Waals surface area contributed by atoms with Gasteiger partial charge in [0.25, 0.3) is 5.56 Å². The van der Waals surface area contributed by atoms with E-state index in [-0.39, 0.29) is 17.0 Å². The van der Waals surface area contributed by atoms with Gasteiger partial charge in [-0.1, -0.05) is 18.2 Å². The minimum atomic E-state index is -3.69. The summed E-state index contributed by atoms with van der Waals surface area (Å²) in [7, 11) is -3.69. The van der Waals surface area contributed by atoms with Crippen molar-refractivity contribution in [3.63, 3.8) is 0 Å². The van der Waals surface area contributed by atoms with E-state index in [0.717, 1.165) is 11.1 Å². The first-order valence-corrected chi connectivity index (χ1v) is 9.34. The van der Waals surface area contributed by atoms with Gasteiger partial charge < -0.3 is 0 Å². The van der Waals surface area contributed by atoms with Gasteiger partial charge in [0.1, 0.15) is 4.90 Å². The molecule has 0 unspecified atom stereocenters. The molecule has 0 spiro atoms. The number of benzene rings is 1. The van der Waals surface area contributed by atoms with Crippen LogP contribution in [0.5, 0.6) is 0 Å². The highest BCUT2D eigenvalue weighted by molar-refractivity contribution is 7.89. The zero-order chi connectivity index (χ0) is 17.9. The lowest BCUT2D eigenvalue weighted by atomic mass is 10.2. The first kappa shape index (κ1) is 17.2. The quantitative estimate of drug-likeness (QED) is 0.674. The summed E-state index contributed by atoms with van der Waals surface area (Å²) in [5.74, 6) is 0. The van der Waals surface area contributed by atoms with Crippen LogP contribution >= 0.6 is 0 Å². The molecule has 0 aliphatic carbocycles. The molecular formula is C17H18N4O3S. The van der Waals surface area contributed by atoms with Gasteiger partial charge in [0.05, 0.1) is 5.52 Å². The van der Waals surface area contributed by atoms with E-state index in [1.807, 2.05) is 25.1 Å². The van der Waals surface area contributed by atoms with E-state index in [1.54, 1.807) is 18.2 Å². The van der Waals surface area contributed by atoms with Crippen LogP contribution in [0.3, 0.4) is 0 Å². The Morgan fingerprint density at radius 1 is 1.12 bits per heavy atom. The Kier molecular flexibility index (Phi) is 4.91. The lowest BCUT2D eigenvalue weighted by Crippen LogP contribution is -2.28. The Labute approximate surface area is 145 Å². The minimum absolute atomic E-state index is 0.156. The largest absolute Gasteiger partial charge is 0.268 e. The SMILES string of the molecule is Cc1ccc2cccc(S(=O)(=O)NCCCn3ncccc3=O)c2n1. The number of sulfonamides is 1. The van der Waals surface area contributed by atoms with Crippen molar-refractivity contribution in [3.05, 3.63) is 64.7 Å². The third-order valence-corrected chi connectivity index (χ3v) is 5.23. The standard InChI is InChI=1S/C17H18N4O3S/c1-13-8-9-14-5-2-6-15(17(14)20-13)25(23,24)19-11-4-12-21-16(22)7-3-10-18-21/h2-3,5-10,19H,4,11-12H2,1H3. The van der Waals surface area contributed by atoms with Gasteiger partial charge in [-0.05, 0) is 31.5 Å². The van der Waals surface area contributed by atoms with Crippen molar-refractivity contribution in [2.24, 2.45) is 0 Å². The lowest BCUT2D eigenvalue weighted by Gasteiger charge is -2.10. The zero-order valence-corrected chi connectivity index (χ0v) is 14.5. The number of pyridine rings is 1. The molecule has 2 heterocycles. The Hall–Kier alpha value is -2.58. The van der Waals surface area contributed by atoms with Gasteiger partial charge in [-0.3, -0.25) is 9.78 Å². The maximum atomic E-state index is 12.6. The van der Waals surface area contributed by atoms with Gasteiger partial charge in [-0.15, -0.1) is 0 Å². The van der Waals surface area contributed by atoms with E-state index in [0.29, 0.717) is 18.5 Å². The van der Waals surface area contributed by atoms with Crippen molar-refractivity contribution in [2.45, 2.75) is 24.8 Å². The number of hydrogen-bond acceptors (Lipinski definition) is 5. The fourth-order valence-electron chi connectivity index (χ4n) is 2.50. The molecule has 3 aromatic rings. The molecular weight excluding hydrogens is 340 g/mol. The smallest absolute Gasteiger partial charge is 0.266 e. The highest BCUT2D eigenvalue weighted by atomic mass is 32.2. The van der Waals surface area contributed by atoms with Gasteiger partial charge >= 0.3 is 0 Å². The average molecular weight is 358 g/mol. The van der Waals surface area contributed by atoms with Gasteiger partial charge in [-0.2, -0.15) is 5.10 Å². The van der Waals surface area contributed by atoms with Crippen LogP contribution in [-0.2, 0) is 16.6 Å². The summed E-state index contributed by atoms with van der Waals surface area (Å²) in [6.45, 7) is 2.36. The number of hydrogen-bond donors (Lipinski definition) is 1. The van der Waals surface area contributed by atoms with E-state index in [2.05, 4.69) is 14.8 Å². The molecule has 0 fully saturated rings. The third-order valence-electron chi connectivity index (χ3n) is 3.74. The van der Waals surface area contributed by atoms with E-state index < -0.39 is 10.0 Å². The van der Waals surface area contributed by atoms with Crippen LogP contribution in [0.2, 0.25) is 0 Å². The Morgan fingerprint density at radius 2 is 1.96 bits per heavy atom. The van der Waals surface area contributed by atoms with Crippen molar-refractivity contribution in [2.75, 3.05) is 6.54 Å². The molecule has 1 N–H and O–H groups in total. The summed E-state index contributed by atoms with van der Waals surface area (Å²) in [6.07, 6.45) is 1.98. The van der Waals surface area contributed by atoms with E-state index in [9.17, 15) is 13.2 Å². The molecule has 0 aliphatic rings. The van der Waals surface area contributed by atoms with Crippen LogP contribution in [0.25, 0.3) is 10.9 Å². The lowest BCUT2D eigenvalue weighted by molar-refractivity contribution is 0.535. The number of fused-ring (bicyclic) bond motifs is 1. The molecule has 0 amide bonds. The number of nitrogens with one attached hydrogen (secondary N) is 1. The van der Waals surface area contributed by atoms with Gasteiger partial charge in [0, 0.05) is 36.4 Å². The Bertz CT molecular complexity index is 1060. The fourth-order valence-corrected chi connectivity index (χ4v) is 3.75. The first-order valence-electron chi connectivity index (χ1n) is 7.85. The molecule has 8 heteroatoms. The second kappa shape index (κ2) is 7.12. The van der Waals surface area contributed by atoms with Crippen LogP contribution in [0.1, 0.15) is 12.1 Å². The molecule has 0 aliphatic heterocycles. The minimum Gasteiger partial charge on any atom is -0.268 e. The van der Waals surface area contributed by atoms with Crippen molar-refractivity contribution in [3.8, 4) is 0 Å². The summed E-state index contributed by atoms with van der Waals surface area (Å²) in [5, 5.41) is 4.71. The predicted molar refractivity (Wildman–Crippen MR) is 94.8 cm³/mol. The molecule has 0 atom stereocenters. The first-order chi connectivity index (χ1) is 12.0. The number of rotatable bonds is 6. The molecule has 7 nitrogen and oxygen atoms in total. The second-order valence-electron chi connectivity index (χ2n) is 5.62. The summed E-state index contributed by atoms with van der Waals surface area (Å²) in [6, 6.07) is 11.7. The van der Waals surface area contributed by atoms with Crippen molar-refractivity contribution in [1.82, 2.24) is 19.5 Å². The van der Waals surface area contributed by atoms with Crippen LogP contribution in [0, 0.1) is 6.92 Å². The third kappa shape index (κ3) is 3.92. The monoisotopic (exact) mass is 358 g/mol. The van der Waals surface area contributed by atoms with Crippen LogP contribution < -0.4 is 10.3 Å². The predicted octanol–water partition coefficient (Wildman–Crippen LogP) is 1.47. The zero-order valence-electron chi connectivity index (χ0n) is 13.7. The molecule has 3 rings (SSSR count). The molecule has 0 saturated carbocycles. The maximum Gasteiger partial charge on any atom is 0.266 e. The van der Waals surface area contributed by atoms with E-state index in [1.165, 1.54) is 16.9 Å². The fraction of sp³-hybridized carbons (Fsp3) is 0.235. The number of nitrogens with zero attached hydrogens (tertiary/aromatic N) is 3. The van der Waals surface area contributed by atoms with Gasteiger partial charge in [0.15, 0.2) is 0 Å². The normalized spacial score (nSPS) is 11.7. The molecule has 2 aromatic heterocycles. The molecule has 25 heavy (non-hydrogen) atoms. The van der Waals surface area contributed by atoms with Crippen LogP contribution in [0.4, 0.5) is 0 Å². The topological polar surface area (TPSA) is 94.0 Å². The summed E-state index contributed by atoms with van der Waals surface area (Å²) in [5.41, 5.74) is 1.000. The molecule has 1 aromatic carbocycles. The summed E-state index contributed by atoms with van der Waals surface area (Å²) < 4.78 is 29.1. The molecule has 0 saturated heterocycles. The number of aromatic nitrogens is 3. The average Bonchev–Trinajstić information content (AvgIpc) is 2.59. The van der Waals surface area contributed by atoms with E-state index >= 15 is 0 Å². The summed E-state index contributed by atoms with van der Waals surface area (Å²) in [4.78, 5) is 16.1. The molecule has 0 radical (unpaired) electrons. The van der Waals surface area contributed by atoms with Crippen molar-refractivity contribution in [1.29, 1.82) is 0 Å².